The Kier molecular flexibility index (Phi) is 11.6. The third-order valence-electron chi connectivity index (χ3n) is 2.50. The minimum atomic E-state index is 0.867. The van der Waals surface area contributed by atoms with E-state index in [1.807, 2.05) is 18.2 Å². The zero-order chi connectivity index (χ0) is 12.1. The van der Waals surface area contributed by atoms with Crippen LogP contribution in [0.15, 0.2) is 30.3 Å². The predicted molar refractivity (Wildman–Crippen MR) is 73.6 cm³/mol. The molecule has 0 fully saturated rings. The van der Waals surface area contributed by atoms with Gasteiger partial charge in [0.25, 0.3) is 0 Å². The second-order valence-electron chi connectivity index (χ2n) is 4.21. The molecule has 1 nitrogen and oxygen atoms in total. The van der Waals surface area contributed by atoms with Gasteiger partial charge in [-0.3, -0.25) is 0 Å². The Morgan fingerprint density at radius 2 is 1.44 bits per heavy atom. The van der Waals surface area contributed by atoms with Crippen LogP contribution in [0.2, 0.25) is 0 Å². The normalized spacial score (nSPS) is 9.44. The Morgan fingerprint density at radius 1 is 0.875 bits per heavy atom. The molecule has 0 aliphatic carbocycles. The molecule has 92 valence electrons. The van der Waals surface area contributed by atoms with Gasteiger partial charge in [-0.25, -0.2) is 0 Å². The van der Waals surface area contributed by atoms with Crippen molar-refractivity contribution >= 4 is 0 Å². The van der Waals surface area contributed by atoms with E-state index >= 15 is 0 Å². The van der Waals surface area contributed by atoms with Gasteiger partial charge in [-0.1, -0.05) is 74.9 Å². The molecule has 16 heavy (non-hydrogen) atoms. The molecule has 1 aromatic carbocycles. The SMILES string of the molecule is CCCCCCCCN.Cc1ccccc1. The summed E-state index contributed by atoms with van der Waals surface area (Å²) in [5, 5.41) is 0. The number of hydrogen-bond acceptors (Lipinski definition) is 1. The smallest absolute Gasteiger partial charge is 0.00773 e. The number of rotatable bonds is 6. The highest BCUT2D eigenvalue weighted by atomic mass is 14.5. The van der Waals surface area contributed by atoms with Gasteiger partial charge in [0.15, 0.2) is 0 Å². The fraction of sp³-hybridized carbons (Fsp3) is 0.600. The lowest BCUT2D eigenvalue weighted by Crippen LogP contribution is -1.97. The van der Waals surface area contributed by atoms with Crippen molar-refractivity contribution in [2.75, 3.05) is 6.54 Å². The molecule has 0 radical (unpaired) electrons. The summed E-state index contributed by atoms with van der Waals surface area (Å²) in [6.07, 6.45) is 8.05. The molecular weight excluding hydrogens is 194 g/mol. The predicted octanol–water partition coefficient (Wildman–Crippen LogP) is 4.30. The lowest BCUT2D eigenvalue weighted by molar-refractivity contribution is 0.612. The Bertz CT molecular complexity index is 212. The molecule has 1 rings (SSSR count). The number of nitrogens with two attached hydrogens (primary N) is 1. The molecule has 0 aliphatic rings. The maximum Gasteiger partial charge on any atom is -0.00773 e. The van der Waals surface area contributed by atoms with Crippen molar-refractivity contribution in [3.63, 3.8) is 0 Å². The van der Waals surface area contributed by atoms with Gasteiger partial charge in [0.1, 0.15) is 0 Å². The van der Waals surface area contributed by atoms with Crippen LogP contribution in [0.4, 0.5) is 0 Å². The van der Waals surface area contributed by atoms with E-state index in [0.717, 1.165) is 6.54 Å². The van der Waals surface area contributed by atoms with Crippen molar-refractivity contribution in [1.82, 2.24) is 0 Å². The fourth-order valence-electron chi connectivity index (χ4n) is 1.46. The van der Waals surface area contributed by atoms with Crippen molar-refractivity contribution in [3.05, 3.63) is 35.9 Å². The summed E-state index contributed by atoms with van der Waals surface area (Å²) in [6.45, 7) is 5.19. The minimum absolute atomic E-state index is 0.867. The summed E-state index contributed by atoms with van der Waals surface area (Å²) < 4.78 is 0. The summed E-state index contributed by atoms with van der Waals surface area (Å²) in [7, 11) is 0. The molecule has 2 N–H and O–H groups in total. The maximum atomic E-state index is 5.34. The highest BCUT2D eigenvalue weighted by Gasteiger charge is 1.85. The lowest BCUT2D eigenvalue weighted by Gasteiger charge is -1.96. The van der Waals surface area contributed by atoms with E-state index in [0.29, 0.717) is 0 Å². The van der Waals surface area contributed by atoms with E-state index in [1.165, 1.54) is 44.1 Å². The average molecular weight is 221 g/mol. The number of aryl methyl sites for hydroxylation is 1. The van der Waals surface area contributed by atoms with Crippen LogP contribution in [0.25, 0.3) is 0 Å². The van der Waals surface area contributed by atoms with Crippen molar-refractivity contribution < 1.29 is 0 Å². The molecule has 0 heterocycles. The van der Waals surface area contributed by atoms with Gasteiger partial charge in [0.05, 0.1) is 0 Å². The first-order chi connectivity index (χ1) is 7.81. The highest BCUT2D eigenvalue weighted by Crippen LogP contribution is 2.03. The minimum Gasteiger partial charge on any atom is -0.330 e. The Morgan fingerprint density at radius 3 is 1.88 bits per heavy atom. The highest BCUT2D eigenvalue weighted by molar-refractivity contribution is 5.11. The van der Waals surface area contributed by atoms with E-state index in [2.05, 4.69) is 26.0 Å². The van der Waals surface area contributed by atoms with Gasteiger partial charge in [-0.05, 0) is 19.9 Å². The van der Waals surface area contributed by atoms with E-state index in [1.54, 1.807) is 0 Å². The van der Waals surface area contributed by atoms with E-state index < -0.39 is 0 Å². The van der Waals surface area contributed by atoms with Crippen LogP contribution in [0.5, 0.6) is 0 Å². The second-order valence-corrected chi connectivity index (χ2v) is 4.21. The number of unbranched alkanes of at least 4 members (excludes halogenated alkanes) is 5. The second kappa shape index (κ2) is 12.3. The Balaban J connectivity index is 0.000000288. The first-order valence-corrected chi connectivity index (χ1v) is 6.53. The molecular formula is C15H27N. The van der Waals surface area contributed by atoms with Gasteiger partial charge < -0.3 is 5.73 Å². The first-order valence-electron chi connectivity index (χ1n) is 6.53. The van der Waals surface area contributed by atoms with Crippen molar-refractivity contribution in [1.29, 1.82) is 0 Å². The summed E-state index contributed by atoms with van der Waals surface area (Å²) in [4.78, 5) is 0. The van der Waals surface area contributed by atoms with Gasteiger partial charge in [0, 0.05) is 0 Å². The van der Waals surface area contributed by atoms with Gasteiger partial charge in [-0.2, -0.15) is 0 Å². The van der Waals surface area contributed by atoms with Crippen LogP contribution < -0.4 is 5.73 Å². The third kappa shape index (κ3) is 11.3. The van der Waals surface area contributed by atoms with Crippen molar-refractivity contribution in [2.45, 2.75) is 52.4 Å². The molecule has 1 aromatic rings. The maximum absolute atomic E-state index is 5.34. The molecule has 0 saturated heterocycles. The van der Waals surface area contributed by atoms with Crippen LogP contribution in [0, 0.1) is 6.92 Å². The molecule has 0 aliphatic heterocycles. The van der Waals surface area contributed by atoms with Gasteiger partial charge >= 0.3 is 0 Å². The molecule has 0 amide bonds. The van der Waals surface area contributed by atoms with E-state index in [-0.39, 0.29) is 0 Å². The van der Waals surface area contributed by atoms with Crippen molar-refractivity contribution in [3.8, 4) is 0 Å². The van der Waals surface area contributed by atoms with E-state index in [9.17, 15) is 0 Å². The quantitative estimate of drug-likeness (QED) is 0.712. The molecule has 1 heteroatoms. The van der Waals surface area contributed by atoms with Gasteiger partial charge in [0.2, 0.25) is 0 Å². The first kappa shape index (κ1) is 15.2. The largest absolute Gasteiger partial charge is 0.330 e. The van der Waals surface area contributed by atoms with Crippen LogP contribution >= 0.6 is 0 Å². The molecule has 0 saturated carbocycles. The number of hydrogen-bond donors (Lipinski definition) is 1. The Labute approximate surface area is 101 Å². The standard InChI is InChI=1S/C8H19N.C7H8/c1-2-3-4-5-6-7-8-9;1-7-5-3-2-4-6-7/h2-9H2,1H3;2-6H,1H3. The van der Waals surface area contributed by atoms with Crippen molar-refractivity contribution in [2.24, 2.45) is 5.73 Å². The lowest BCUT2D eigenvalue weighted by atomic mass is 10.1. The van der Waals surface area contributed by atoms with Gasteiger partial charge in [-0.15, -0.1) is 0 Å². The van der Waals surface area contributed by atoms with Crippen LogP contribution in [0.3, 0.4) is 0 Å². The summed E-state index contributed by atoms with van der Waals surface area (Å²) >= 11 is 0. The zero-order valence-corrected chi connectivity index (χ0v) is 10.9. The fourth-order valence-corrected chi connectivity index (χ4v) is 1.46. The zero-order valence-electron chi connectivity index (χ0n) is 10.9. The van der Waals surface area contributed by atoms with Crippen LogP contribution in [-0.2, 0) is 0 Å². The summed E-state index contributed by atoms with van der Waals surface area (Å²) in [6, 6.07) is 10.3. The summed E-state index contributed by atoms with van der Waals surface area (Å²) in [5.74, 6) is 0. The molecule has 0 atom stereocenters. The average Bonchev–Trinajstić information content (AvgIpc) is 2.31. The summed E-state index contributed by atoms with van der Waals surface area (Å²) in [5.41, 5.74) is 6.67. The van der Waals surface area contributed by atoms with E-state index in [4.69, 9.17) is 5.73 Å². The number of benzene rings is 1. The monoisotopic (exact) mass is 221 g/mol. The van der Waals surface area contributed by atoms with Crippen LogP contribution in [-0.4, -0.2) is 6.54 Å². The molecule has 0 aromatic heterocycles. The van der Waals surface area contributed by atoms with Crippen LogP contribution in [0.1, 0.15) is 51.0 Å². The topological polar surface area (TPSA) is 26.0 Å². The molecule has 0 unspecified atom stereocenters. The third-order valence-corrected chi connectivity index (χ3v) is 2.50. The Hall–Kier alpha value is -0.820. The molecule has 0 bridgehead atoms. The molecule has 0 spiro atoms.